The van der Waals surface area contributed by atoms with Gasteiger partial charge in [-0.2, -0.15) is 5.26 Å². The molecule has 0 spiro atoms. The summed E-state index contributed by atoms with van der Waals surface area (Å²) in [4.78, 5) is 14.2. The standard InChI is InChI=1S/C27H21F4N3O2/c1-3-33(4-2)27(35)36-22-10-9-21-19(23(22)17-7-5-16(14-32)6-8-17)11-12-34(21)15-18-13-20(28)25(30)26(31)24(18)29/h5-13H,3-4,15H2,1-2H3. The predicted molar refractivity (Wildman–Crippen MR) is 126 cm³/mol. The van der Waals surface area contributed by atoms with E-state index >= 15 is 0 Å². The lowest BCUT2D eigenvalue weighted by atomic mass is 9.99. The van der Waals surface area contributed by atoms with Crippen LogP contribution in [0.25, 0.3) is 22.0 Å². The summed E-state index contributed by atoms with van der Waals surface area (Å²) in [5.41, 5.74) is 1.85. The number of fused-ring (bicyclic) bond motifs is 1. The molecule has 1 aromatic heterocycles. The molecule has 0 atom stereocenters. The maximum absolute atomic E-state index is 14.3. The third-order valence-corrected chi connectivity index (χ3v) is 5.96. The van der Waals surface area contributed by atoms with E-state index in [9.17, 15) is 22.4 Å². The highest BCUT2D eigenvalue weighted by Crippen LogP contribution is 2.38. The quantitative estimate of drug-likeness (QED) is 0.172. The van der Waals surface area contributed by atoms with Gasteiger partial charge >= 0.3 is 6.09 Å². The third-order valence-electron chi connectivity index (χ3n) is 5.96. The Kier molecular flexibility index (Phi) is 6.97. The highest BCUT2D eigenvalue weighted by atomic mass is 19.2. The second-order valence-electron chi connectivity index (χ2n) is 8.00. The van der Waals surface area contributed by atoms with E-state index in [2.05, 4.69) is 0 Å². The second kappa shape index (κ2) is 10.1. The van der Waals surface area contributed by atoms with Gasteiger partial charge in [-0.1, -0.05) is 12.1 Å². The topological polar surface area (TPSA) is 58.3 Å². The van der Waals surface area contributed by atoms with Gasteiger partial charge in [0.05, 0.1) is 18.2 Å². The summed E-state index contributed by atoms with van der Waals surface area (Å²) < 4.78 is 62.5. The van der Waals surface area contributed by atoms with E-state index < -0.39 is 29.4 Å². The van der Waals surface area contributed by atoms with Gasteiger partial charge in [0, 0.05) is 41.3 Å². The van der Waals surface area contributed by atoms with Gasteiger partial charge in [-0.3, -0.25) is 0 Å². The van der Waals surface area contributed by atoms with E-state index in [0.29, 0.717) is 46.7 Å². The molecule has 4 rings (SSSR count). The van der Waals surface area contributed by atoms with Crippen LogP contribution in [0.15, 0.2) is 54.7 Å². The van der Waals surface area contributed by atoms with Crippen LogP contribution in [0.1, 0.15) is 25.0 Å². The van der Waals surface area contributed by atoms with Gasteiger partial charge in [-0.25, -0.2) is 22.4 Å². The number of ether oxygens (including phenoxy) is 1. The first kappa shape index (κ1) is 24.8. The van der Waals surface area contributed by atoms with Crippen molar-refractivity contribution in [2.75, 3.05) is 13.1 Å². The van der Waals surface area contributed by atoms with Gasteiger partial charge in [-0.15, -0.1) is 0 Å². The molecule has 0 radical (unpaired) electrons. The van der Waals surface area contributed by atoms with Crippen LogP contribution in [0.2, 0.25) is 0 Å². The number of benzene rings is 3. The van der Waals surface area contributed by atoms with Crippen LogP contribution in [0.3, 0.4) is 0 Å². The Balaban J connectivity index is 1.84. The first-order valence-electron chi connectivity index (χ1n) is 11.2. The molecule has 3 aromatic carbocycles. The highest BCUT2D eigenvalue weighted by Gasteiger charge is 2.22. The number of nitrogens with zero attached hydrogens (tertiary/aromatic N) is 3. The molecule has 0 fully saturated rings. The number of aromatic nitrogens is 1. The molecule has 0 bridgehead atoms. The summed E-state index contributed by atoms with van der Waals surface area (Å²) in [7, 11) is 0. The largest absolute Gasteiger partial charge is 0.415 e. The lowest BCUT2D eigenvalue weighted by Gasteiger charge is -2.20. The average Bonchev–Trinajstić information content (AvgIpc) is 3.29. The van der Waals surface area contributed by atoms with Gasteiger partial charge in [0.1, 0.15) is 5.75 Å². The first-order chi connectivity index (χ1) is 17.3. The molecule has 4 aromatic rings. The first-order valence-corrected chi connectivity index (χ1v) is 11.2. The summed E-state index contributed by atoms with van der Waals surface area (Å²) in [6.45, 7) is 4.30. The van der Waals surface area contributed by atoms with Crippen molar-refractivity contribution in [2.45, 2.75) is 20.4 Å². The van der Waals surface area contributed by atoms with Gasteiger partial charge in [0.15, 0.2) is 23.3 Å². The molecule has 0 aliphatic heterocycles. The van der Waals surface area contributed by atoms with E-state index in [1.165, 1.54) is 4.90 Å². The molecule has 0 N–H and O–H groups in total. The zero-order valence-corrected chi connectivity index (χ0v) is 19.5. The Morgan fingerprint density at radius 3 is 2.31 bits per heavy atom. The predicted octanol–water partition coefficient (Wildman–Crippen LogP) is 6.63. The van der Waals surface area contributed by atoms with Crippen molar-refractivity contribution in [3.05, 3.63) is 89.1 Å². The summed E-state index contributed by atoms with van der Waals surface area (Å²) >= 11 is 0. The van der Waals surface area contributed by atoms with E-state index in [1.54, 1.807) is 53.2 Å². The fourth-order valence-corrected chi connectivity index (χ4v) is 4.05. The van der Waals surface area contributed by atoms with Crippen molar-refractivity contribution in [1.82, 2.24) is 9.47 Å². The molecule has 0 saturated heterocycles. The van der Waals surface area contributed by atoms with Crippen LogP contribution in [0, 0.1) is 34.6 Å². The molecule has 1 heterocycles. The van der Waals surface area contributed by atoms with E-state index in [-0.39, 0.29) is 17.9 Å². The van der Waals surface area contributed by atoms with E-state index in [4.69, 9.17) is 10.00 Å². The van der Waals surface area contributed by atoms with Crippen LogP contribution in [0.4, 0.5) is 22.4 Å². The van der Waals surface area contributed by atoms with E-state index in [1.807, 2.05) is 19.9 Å². The molecule has 0 aliphatic rings. The Hall–Kier alpha value is -4.32. The molecule has 9 heteroatoms. The minimum Gasteiger partial charge on any atom is -0.410 e. The highest BCUT2D eigenvalue weighted by molar-refractivity contribution is 5.99. The number of halogens is 4. The number of hydrogen-bond acceptors (Lipinski definition) is 3. The maximum atomic E-state index is 14.3. The van der Waals surface area contributed by atoms with Crippen LogP contribution < -0.4 is 4.74 Å². The maximum Gasteiger partial charge on any atom is 0.415 e. The Bertz CT molecular complexity index is 1490. The lowest BCUT2D eigenvalue weighted by molar-refractivity contribution is 0.157. The summed E-state index contributed by atoms with van der Waals surface area (Å²) in [6.07, 6.45) is 1.06. The Morgan fingerprint density at radius 2 is 1.67 bits per heavy atom. The SMILES string of the molecule is CCN(CC)C(=O)Oc1ccc2c(ccn2Cc2cc(F)c(F)c(F)c2F)c1-c1ccc(C#N)cc1. The zero-order valence-electron chi connectivity index (χ0n) is 19.5. The molecule has 0 unspecified atom stereocenters. The monoisotopic (exact) mass is 495 g/mol. The minimum absolute atomic E-state index is 0.269. The molecule has 184 valence electrons. The van der Waals surface area contributed by atoms with Crippen LogP contribution >= 0.6 is 0 Å². The second-order valence-corrected chi connectivity index (χ2v) is 8.00. The van der Waals surface area contributed by atoms with Crippen LogP contribution in [-0.4, -0.2) is 28.6 Å². The summed E-state index contributed by atoms with van der Waals surface area (Å²) in [5, 5.41) is 9.76. The number of rotatable bonds is 6. The number of carbonyl (C=O) groups excluding carboxylic acids is 1. The summed E-state index contributed by atoms with van der Waals surface area (Å²) in [6, 6.07) is 14.3. The number of hydrogen-bond donors (Lipinski definition) is 0. The average molecular weight is 495 g/mol. The van der Waals surface area contributed by atoms with E-state index in [0.717, 1.165) is 0 Å². The van der Waals surface area contributed by atoms with Crippen molar-refractivity contribution in [1.29, 1.82) is 5.26 Å². The van der Waals surface area contributed by atoms with Crippen LogP contribution in [-0.2, 0) is 6.54 Å². The van der Waals surface area contributed by atoms with Crippen molar-refractivity contribution < 1.29 is 27.1 Å². The molecule has 36 heavy (non-hydrogen) atoms. The molecule has 0 saturated carbocycles. The molecule has 0 aliphatic carbocycles. The zero-order chi connectivity index (χ0) is 26.0. The molecular weight excluding hydrogens is 474 g/mol. The summed E-state index contributed by atoms with van der Waals surface area (Å²) in [5.74, 6) is -6.41. The van der Waals surface area contributed by atoms with Crippen molar-refractivity contribution >= 4 is 17.0 Å². The lowest BCUT2D eigenvalue weighted by Crippen LogP contribution is -2.33. The van der Waals surface area contributed by atoms with Gasteiger partial charge in [-0.05, 0) is 55.8 Å². The van der Waals surface area contributed by atoms with Gasteiger partial charge in [0.2, 0.25) is 0 Å². The van der Waals surface area contributed by atoms with Gasteiger partial charge in [0.25, 0.3) is 0 Å². The number of amides is 1. The Labute approximate surface area is 204 Å². The van der Waals surface area contributed by atoms with Crippen molar-refractivity contribution in [3.8, 4) is 22.9 Å². The number of nitriles is 1. The number of carbonyl (C=O) groups is 1. The molecule has 1 amide bonds. The fourth-order valence-electron chi connectivity index (χ4n) is 4.05. The van der Waals surface area contributed by atoms with Crippen molar-refractivity contribution in [2.24, 2.45) is 0 Å². The van der Waals surface area contributed by atoms with Crippen molar-refractivity contribution in [3.63, 3.8) is 0 Å². The smallest absolute Gasteiger partial charge is 0.410 e. The van der Waals surface area contributed by atoms with Crippen LogP contribution in [0.5, 0.6) is 5.75 Å². The Morgan fingerprint density at radius 1 is 0.972 bits per heavy atom. The fraction of sp³-hybridized carbons (Fsp3) is 0.185. The third kappa shape index (κ3) is 4.50. The van der Waals surface area contributed by atoms with Gasteiger partial charge < -0.3 is 14.2 Å². The molecular formula is C27H21F4N3O2. The minimum atomic E-state index is -1.87. The molecule has 5 nitrogen and oxygen atoms in total. The normalized spacial score (nSPS) is 10.9.